The largest absolute Gasteiger partial charge is 0.497 e. The number of ether oxygens (including phenoxy) is 1. The molecule has 2 unspecified atom stereocenters. The zero-order valence-electron chi connectivity index (χ0n) is 11.7. The molecule has 0 heterocycles. The van der Waals surface area contributed by atoms with E-state index in [1.165, 1.54) is 7.11 Å². The van der Waals surface area contributed by atoms with E-state index in [1.807, 2.05) is 0 Å². The van der Waals surface area contributed by atoms with Gasteiger partial charge in [0.15, 0.2) is 0 Å². The second kappa shape index (κ2) is 5.84. The minimum Gasteiger partial charge on any atom is -0.497 e. The molecule has 0 spiro atoms. The fraction of sp³-hybridized carbons (Fsp3) is 0.533. The van der Waals surface area contributed by atoms with E-state index >= 15 is 0 Å². The summed E-state index contributed by atoms with van der Waals surface area (Å²) in [5.41, 5.74) is -0.580. The lowest BCUT2D eigenvalue weighted by Crippen LogP contribution is -2.45. The zero-order chi connectivity index (χ0) is 15.5. The zero-order valence-corrected chi connectivity index (χ0v) is 11.7. The summed E-state index contributed by atoms with van der Waals surface area (Å²) in [7, 11) is 1.51. The summed E-state index contributed by atoms with van der Waals surface area (Å²) in [5, 5.41) is 12.4. The number of hydrogen-bond donors (Lipinski definition) is 1. The molecule has 0 amide bonds. The summed E-state index contributed by atoms with van der Waals surface area (Å²) in [5.74, 6) is -0.833. The molecule has 0 radical (unpaired) electrons. The topological polar surface area (TPSA) is 45.0 Å². The lowest BCUT2D eigenvalue weighted by Gasteiger charge is -2.37. The van der Waals surface area contributed by atoms with Gasteiger partial charge in [-0.25, -0.2) is 0 Å². The van der Waals surface area contributed by atoms with Crippen LogP contribution in [0.1, 0.15) is 25.7 Å². The van der Waals surface area contributed by atoms with Crippen LogP contribution in [0.15, 0.2) is 24.3 Å². The van der Waals surface area contributed by atoms with E-state index in [4.69, 9.17) is 4.74 Å². The van der Waals surface area contributed by atoms with Crippen LogP contribution in [-0.4, -0.2) is 18.8 Å². The predicted molar refractivity (Wildman–Crippen MR) is 73.0 cm³/mol. The van der Waals surface area contributed by atoms with Crippen LogP contribution in [0, 0.1) is 17.2 Å². The number of anilines is 1. The van der Waals surface area contributed by atoms with Crippen LogP contribution in [0.4, 0.5) is 18.9 Å². The minimum atomic E-state index is -4.25. The number of methoxy groups -OCH3 is 1. The molecule has 1 aliphatic rings. The van der Waals surface area contributed by atoms with E-state index in [0.717, 1.165) is 0 Å². The van der Waals surface area contributed by atoms with Crippen molar-refractivity contribution in [3.63, 3.8) is 0 Å². The normalized spacial score (nSPS) is 26.0. The molecule has 6 heteroatoms. The molecule has 0 bridgehead atoms. The van der Waals surface area contributed by atoms with E-state index in [9.17, 15) is 18.4 Å². The molecule has 0 saturated heterocycles. The number of rotatable bonds is 3. The Morgan fingerprint density at radius 2 is 2.19 bits per heavy atom. The van der Waals surface area contributed by atoms with Gasteiger partial charge in [0, 0.05) is 11.8 Å². The number of benzene rings is 1. The van der Waals surface area contributed by atoms with Crippen LogP contribution < -0.4 is 10.1 Å². The van der Waals surface area contributed by atoms with Crippen molar-refractivity contribution in [2.24, 2.45) is 5.92 Å². The first-order valence-electron chi connectivity index (χ1n) is 6.79. The number of nitrogens with one attached hydrogen (secondary N) is 1. The van der Waals surface area contributed by atoms with Gasteiger partial charge in [0.2, 0.25) is 0 Å². The van der Waals surface area contributed by atoms with Crippen LogP contribution in [0.25, 0.3) is 0 Å². The highest BCUT2D eigenvalue weighted by Gasteiger charge is 2.48. The molecule has 1 aromatic carbocycles. The minimum absolute atomic E-state index is 0.0900. The van der Waals surface area contributed by atoms with E-state index in [0.29, 0.717) is 24.3 Å². The summed E-state index contributed by atoms with van der Waals surface area (Å²) in [6.07, 6.45) is -3.59. The Hall–Kier alpha value is -1.90. The van der Waals surface area contributed by atoms with E-state index < -0.39 is 17.6 Å². The van der Waals surface area contributed by atoms with Gasteiger partial charge in [0.25, 0.3) is 0 Å². The first kappa shape index (κ1) is 15.5. The molecular formula is C15H17F3N2O. The Bertz CT molecular complexity index is 538. The summed E-state index contributed by atoms with van der Waals surface area (Å²) in [6, 6.07) is 8.92. The van der Waals surface area contributed by atoms with Crippen LogP contribution in [-0.2, 0) is 0 Å². The van der Waals surface area contributed by atoms with Gasteiger partial charge in [-0.15, -0.1) is 0 Å². The molecule has 2 rings (SSSR count). The summed E-state index contributed by atoms with van der Waals surface area (Å²) < 4.78 is 43.8. The third-order valence-corrected chi connectivity index (χ3v) is 3.88. The monoisotopic (exact) mass is 298 g/mol. The molecule has 114 valence electrons. The van der Waals surface area contributed by atoms with Crippen molar-refractivity contribution < 1.29 is 17.9 Å². The summed E-state index contributed by atoms with van der Waals surface area (Å²) in [6.45, 7) is 0. The number of hydrogen-bond acceptors (Lipinski definition) is 3. The Morgan fingerprint density at radius 3 is 2.81 bits per heavy atom. The van der Waals surface area contributed by atoms with E-state index in [-0.39, 0.29) is 12.8 Å². The Kier molecular flexibility index (Phi) is 4.31. The second-order valence-corrected chi connectivity index (χ2v) is 5.39. The molecule has 1 fully saturated rings. The van der Waals surface area contributed by atoms with Gasteiger partial charge < -0.3 is 10.1 Å². The highest BCUT2D eigenvalue weighted by molar-refractivity contribution is 5.51. The standard InChI is InChI=1S/C15H17F3N2O/c1-21-13-6-2-5-12(8-13)20-14(10-19)7-3-4-11(9-14)15(16,17)18/h2,5-6,8,11,20H,3-4,7,9H2,1H3. The highest BCUT2D eigenvalue weighted by atomic mass is 19.4. The molecule has 1 aromatic rings. The van der Waals surface area contributed by atoms with E-state index in [2.05, 4.69) is 11.4 Å². The molecule has 21 heavy (non-hydrogen) atoms. The van der Waals surface area contributed by atoms with Gasteiger partial charge in [0.05, 0.1) is 19.1 Å². The quantitative estimate of drug-likeness (QED) is 0.913. The molecule has 2 atom stereocenters. The van der Waals surface area contributed by atoms with Gasteiger partial charge in [-0.05, 0) is 37.8 Å². The second-order valence-electron chi connectivity index (χ2n) is 5.39. The Morgan fingerprint density at radius 1 is 1.43 bits per heavy atom. The fourth-order valence-corrected chi connectivity index (χ4v) is 2.77. The SMILES string of the molecule is COc1cccc(NC2(C#N)CCCC(C(F)(F)F)C2)c1. The molecule has 1 aliphatic carbocycles. The van der Waals surface area contributed by atoms with Crippen molar-refractivity contribution >= 4 is 5.69 Å². The summed E-state index contributed by atoms with van der Waals surface area (Å²) in [4.78, 5) is 0. The van der Waals surface area contributed by atoms with Crippen LogP contribution in [0.5, 0.6) is 5.75 Å². The van der Waals surface area contributed by atoms with Crippen molar-refractivity contribution in [3.05, 3.63) is 24.3 Å². The number of halogens is 3. The maximum absolute atomic E-state index is 12.9. The first-order chi connectivity index (χ1) is 9.88. The smallest absolute Gasteiger partial charge is 0.391 e. The molecule has 1 N–H and O–H groups in total. The Balaban J connectivity index is 2.19. The molecular weight excluding hydrogens is 281 g/mol. The lowest BCUT2D eigenvalue weighted by molar-refractivity contribution is -0.184. The maximum atomic E-state index is 12.9. The molecule has 0 aromatic heterocycles. The highest BCUT2D eigenvalue weighted by Crippen LogP contribution is 2.43. The van der Waals surface area contributed by atoms with Gasteiger partial charge in [0.1, 0.15) is 11.3 Å². The maximum Gasteiger partial charge on any atom is 0.391 e. The lowest BCUT2D eigenvalue weighted by atomic mass is 9.76. The van der Waals surface area contributed by atoms with Gasteiger partial charge in [-0.3, -0.25) is 0 Å². The van der Waals surface area contributed by atoms with Crippen molar-refractivity contribution in [1.82, 2.24) is 0 Å². The average molecular weight is 298 g/mol. The summed E-state index contributed by atoms with van der Waals surface area (Å²) >= 11 is 0. The van der Waals surface area contributed by atoms with Crippen LogP contribution in [0.2, 0.25) is 0 Å². The van der Waals surface area contributed by atoms with Gasteiger partial charge in [-0.2, -0.15) is 18.4 Å². The van der Waals surface area contributed by atoms with Crippen molar-refractivity contribution in [3.8, 4) is 11.8 Å². The van der Waals surface area contributed by atoms with Gasteiger partial charge >= 0.3 is 6.18 Å². The molecule has 0 aliphatic heterocycles. The molecule has 3 nitrogen and oxygen atoms in total. The fourth-order valence-electron chi connectivity index (χ4n) is 2.77. The number of alkyl halides is 3. The number of nitriles is 1. The third kappa shape index (κ3) is 3.60. The predicted octanol–water partition coefficient (Wildman–Crippen LogP) is 4.12. The average Bonchev–Trinajstić information content (AvgIpc) is 2.47. The Labute approximate surface area is 121 Å². The van der Waals surface area contributed by atoms with Crippen LogP contribution in [0.3, 0.4) is 0 Å². The van der Waals surface area contributed by atoms with E-state index in [1.54, 1.807) is 24.3 Å². The third-order valence-electron chi connectivity index (χ3n) is 3.88. The van der Waals surface area contributed by atoms with Crippen molar-refractivity contribution in [2.45, 2.75) is 37.4 Å². The van der Waals surface area contributed by atoms with Gasteiger partial charge in [-0.1, -0.05) is 6.07 Å². The van der Waals surface area contributed by atoms with Crippen molar-refractivity contribution in [1.29, 1.82) is 5.26 Å². The molecule has 1 saturated carbocycles. The van der Waals surface area contributed by atoms with Crippen molar-refractivity contribution in [2.75, 3.05) is 12.4 Å². The number of nitrogens with zero attached hydrogens (tertiary/aromatic N) is 1. The first-order valence-corrected chi connectivity index (χ1v) is 6.79. The van der Waals surface area contributed by atoms with Crippen LogP contribution >= 0.6 is 0 Å².